The first-order chi connectivity index (χ1) is 14.4. The van der Waals surface area contributed by atoms with Crippen molar-refractivity contribution in [3.63, 3.8) is 0 Å². The maximum Gasteiger partial charge on any atom is 0.290 e. The lowest BCUT2D eigenvalue weighted by atomic mass is 9.98. The molecule has 156 valence electrons. The normalized spacial score (nSPS) is 15.8. The van der Waals surface area contributed by atoms with Crippen molar-refractivity contribution in [2.45, 2.75) is 12.5 Å². The minimum absolute atomic E-state index is 0.0138. The molecule has 2 heterocycles. The van der Waals surface area contributed by atoms with Gasteiger partial charge in [0.2, 0.25) is 5.76 Å². The fraction of sp³-hybridized carbons (Fsp3) is 0.304. The average Bonchev–Trinajstić information content (AvgIpc) is 3.00. The van der Waals surface area contributed by atoms with Crippen molar-refractivity contribution in [1.82, 2.24) is 9.80 Å². The third-order valence-electron chi connectivity index (χ3n) is 5.34. The van der Waals surface area contributed by atoms with Crippen molar-refractivity contribution >= 4 is 16.9 Å². The summed E-state index contributed by atoms with van der Waals surface area (Å²) < 4.78 is 25.1. The summed E-state index contributed by atoms with van der Waals surface area (Å²) in [6, 6.07) is 10.2. The van der Waals surface area contributed by atoms with Crippen molar-refractivity contribution in [3.05, 3.63) is 75.4 Å². The molecule has 1 aromatic heterocycles. The fourth-order valence-electron chi connectivity index (χ4n) is 3.94. The van der Waals surface area contributed by atoms with E-state index in [-0.39, 0.29) is 22.7 Å². The number of carbonyl (C=O) groups is 1. The number of hydrogen-bond donors (Lipinski definition) is 0. The molecular formula is C23H23FN2O4. The molecule has 1 atom stereocenters. The van der Waals surface area contributed by atoms with Crippen molar-refractivity contribution in [3.8, 4) is 5.75 Å². The van der Waals surface area contributed by atoms with E-state index < -0.39 is 11.9 Å². The number of carbonyl (C=O) groups excluding carboxylic acids is 1. The largest absolute Gasteiger partial charge is 0.497 e. The first-order valence-corrected chi connectivity index (χ1v) is 9.76. The highest BCUT2D eigenvalue weighted by atomic mass is 19.1. The number of hydrogen-bond acceptors (Lipinski definition) is 5. The topological polar surface area (TPSA) is 63.0 Å². The molecule has 1 aliphatic heterocycles. The molecule has 0 spiro atoms. The Morgan fingerprint density at radius 3 is 2.67 bits per heavy atom. The second kappa shape index (κ2) is 7.91. The number of methoxy groups -OCH3 is 1. The van der Waals surface area contributed by atoms with Crippen LogP contribution < -0.4 is 10.2 Å². The van der Waals surface area contributed by atoms with Crippen LogP contribution in [0.15, 0.2) is 51.7 Å². The molecule has 2 aromatic carbocycles. The molecule has 3 aromatic rings. The number of halogens is 1. The molecule has 1 amide bonds. The zero-order valence-electron chi connectivity index (χ0n) is 17.1. The van der Waals surface area contributed by atoms with Crippen molar-refractivity contribution < 1.29 is 18.3 Å². The minimum Gasteiger partial charge on any atom is -0.497 e. The Balaban J connectivity index is 1.88. The lowest BCUT2D eigenvalue weighted by molar-refractivity contribution is 0.0722. The van der Waals surface area contributed by atoms with Crippen molar-refractivity contribution in [1.29, 1.82) is 0 Å². The molecule has 0 radical (unpaired) electrons. The van der Waals surface area contributed by atoms with E-state index in [9.17, 15) is 14.0 Å². The highest BCUT2D eigenvalue weighted by molar-refractivity contribution is 5.99. The van der Waals surface area contributed by atoms with Gasteiger partial charge in [-0.3, -0.25) is 9.59 Å². The maximum absolute atomic E-state index is 14.0. The monoisotopic (exact) mass is 410 g/mol. The Morgan fingerprint density at radius 2 is 1.97 bits per heavy atom. The predicted molar refractivity (Wildman–Crippen MR) is 111 cm³/mol. The second-order valence-electron chi connectivity index (χ2n) is 7.65. The third-order valence-corrected chi connectivity index (χ3v) is 5.34. The van der Waals surface area contributed by atoms with E-state index in [0.717, 1.165) is 6.54 Å². The molecule has 0 saturated carbocycles. The Labute approximate surface area is 173 Å². The van der Waals surface area contributed by atoms with Gasteiger partial charge in [0.25, 0.3) is 5.91 Å². The number of fused-ring (bicyclic) bond motifs is 2. The van der Waals surface area contributed by atoms with Crippen molar-refractivity contribution in [2.75, 3.05) is 34.3 Å². The summed E-state index contributed by atoms with van der Waals surface area (Å²) >= 11 is 0. The predicted octanol–water partition coefficient (Wildman–Crippen LogP) is 3.44. The van der Waals surface area contributed by atoms with E-state index in [0.29, 0.717) is 35.2 Å². The van der Waals surface area contributed by atoms with Gasteiger partial charge in [-0.25, -0.2) is 4.39 Å². The second-order valence-corrected chi connectivity index (χ2v) is 7.65. The van der Waals surface area contributed by atoms with E-state index in [1.165, 1.54) is 19.2 Å². The Kier molecular flexibility index (Phi) is 5.30. The number of rotatable bonds is 6. The lowest BCUT2D eigenvalue weighted by Gasteiger charge is -2.25. The quantitative estimate of drug-likeness (QED) is 0.623. The summed E-state index contributed by atoms with van der Waals surface area (Å²) in [4.78, 5) is 30.3. The lowest BCUT2D eigenvalue weighted by Crippen LogP contribution is -2.32. The maximum atomic E-state index is 14.0. The summed E-state index contributed by atoms with van der Waals surface area (Å²) in [7, 11) is 5.43. The van der Waals surface area contributed by atoms with Crippen molar-refractivity contribution in [2.24, 2.45) is 0 Å². The number of nitrogens with zero attached hydrogens (tertiary/aromatic N) is 2. The van der Waals surface area contributed by atoms with Gasteiger partial charge in [0, 0.05) is 12.6 Å². The highest BCUT2D eigenvalue weighted by Gasteiger charge is 2.42. The van der Waals surface area contributed by atoms with E-state index in [4.69, 9.17) is 9.15 Å². The van der Waals surface area contributed by atoms with Gasteiger partial charge in [-0.15, -0.1) is 0 Å². The molecule has 1 unspecified atom stereocenters. The molecule has 6 nitrogen and oxygen atoms in total. The molecular weight excluding hydrogens is 387 g/mol. The van der Waals surface area contributed by atoms with Gasteiger partial charge in [0.05, 0.1) is 24.1 Å². The number of amides is 1. The molecule has 4 rings (SSSR count). The molecule has 7 heteroatoms. The first-order valence-electron chi connectivity index (χ1n) is 9.76. The standard InChI is InChI=1S/C23H23FN2O4/c1-25(2)10-5-11-26-20(14-6-4-7-15(24)12-14)19-21(27)17-9-8-16(29-3)13-18(17)30-22(19)23(26)28/h4,6-9,12-13,20H,5,10-11H2,1-3H3. The van der Waals surface area contributed by atoms with Crippen LogP contribution in [0, 0.1) is 5.82 Å². The van der Waals surface area contributed by atoms with Crippen LogP contribution in [-0.4, -0.2) is 50.0 Å². The Hall–Kier alpha value is -3.19. The van der Waals surface area contributed by atoms with Crippen LogP contribution in [0.25, 0.3) is 11.0 Å². The zero-order valence-corrected chi connectivity index (χ0v) is 17.1. The molecule has 0 bridgehead atoms. The van der Waals surface area contributed by atoms with E-state index >= 15 is 0 Å². The van der Waals surface area contributed by atoms with E-state index in [1.54, 1.807) is 35.2 Å². The molecule has 0 saturated heterocycles. The van der Waals surface area contributed by atoms with Gasteiger partial charge in [0.15, 0.2) is 5.43 Å². The van der Waals surface area contributed by atoms with Gasteiger partial charge < -0.3 is 19.0 Å². The molecule has 0 fully saturated rings. The smallest absolute Gasteiger partial charge is 0.290 e. The SMILES string of the molecule is COc1ccc2c(=O)c3c(oc2c1)C(=O)N(CCCN(C)C)C3c1cccc(F)c1. The Bertz CT molecular complexity index is 1170. The van der Waals surface area contributed by atoms with Gasteiger partial charge in [0.1, 0.15) is 17.1 Å². The molecule has 0 aliphatic carbocycles. The van der Waals surface area contributed by atoms with Gasteiger partial charge >= 0.3 is 0 Å². The summed E-state index contributed by atoms with van der Waals surface area (Å²) in [5.74, 6) is -0.239. The van der Waals surface area contributed by atoms with Crippen LogP contribution in [0.1, 0.15) is 34.1 Å². The summed E-state index contributed by atoms with van der Waals surface area (Å²) in [5.41, 5.74) is 0.812. The number of benzene rings is 2. The summed E-state index contributed by atoms with van der Waals surface area (Å²) in [6.07, 6.45) is 0.708. The molecule has 1 aliphatic rings. The van der Waals surface area contributed by atoms with Crippen LogP contribution in [0.3, 0.4) is 0 Å². The highest BCUT2D eigenvalue weighted by Crippen LogP contribution is 2.38. The van der Waals surface area contributed by atoms with Gasteiger partial charge in [-0.2, -0.15) is 0 Å². The fourth-order valence-corrected chi connectivity index (χ4v) is 3.94. The van der Waals surface area contributed by atoms with Crippen LogP contribution in [-0.2, 0) is 0 Å². The van der Waals surface area contributed by atoms with Gasteiger partial charge in [-0.1, -0.05) is 12.1 Å². The van der Waals surface area contributed by atoms with Crippen LogP contribution in [0.4, 0.5) is 4.39 Å². The van der Waals surface area contributed by atoms with E-state index in [2.05, 4.69) is 0 Å². The zero-order chi connectivity index (χ0) is 21.4. The average molecular weight is 410 g/mol. The minimum atomic E-state index is -0.687. The summed E-state index contributed by atoms with van der Waals surface area (Å²) in [5, 5.41) is 0.360. The Morgan fingerprint density at radius 1 is 1.17 bits per heavy atom. The molecule has 0 N–H and O–H groups in total. The van der Waals surface area contributed by atoms with Gasteiger partial charge in [-0.05, 0) is 56.9 Å². The van der Waals surface area contributed by atoms with E-state index in [1.807, 2.05) is 19.0 Å². The van der Waals surface area contributed by atoms with Crippen LogP contribution >= 0.6 is 0 Å². The molecule has 30 heavy (non-hydrogen) atoms. The first kappa shape index (κ1) is 20.1. The number of ether oxygens (including phenoxy) is 1. The summed E-state index contributed by atoms with van der Waals surface area (Å²) in [6.45, 7) is 1.19. The van der Waals surface area contributed by atoms with Crippen LogP contribution in [0.2, 0.25) is 0 Å². The van der Waals surface area contributed by atoms with Crippen LogP contribution in [0.5, 0.6) is 5.75 Å². The third kappa shape index (κ3) is 3.45.